The van der Waals surface area contributed by atoms with Crippen LogP contribution in [-0.4, -0.2) is 48.0 Å². The molecule has 0 saturated heterocycles. The zero-order valence-electron chi connectivity index (χ0n) is 19.9. The molecule has 0 saturated carbocycles. The third-order valence-corrected chi connectivity index (χ3v) is 7.07. The summed E-state index contributed by atoms with van der Waals surface area (Å²) in [7, 11) is 0. The van der Waals surface area contributed by atoms with Gasteiger partial charge in [-0.25, -0.2) is 4.79 Å². The first-order chi connectivity index (χ1) is 16.9. The van der Waals surface area contributed by atoms with Gasteiger partial charge in [-0.05, 0) is 59.7 Å². The van der Waals surface area contributed by atoms with E-state index in [9.17, 15) is 9.59 Å². The minimum Gasteiger partial charge on any atom is -0.491 e. The molecule has 8 heteroatoms. The summed E-state index contributed by atoms with van der Waals surface area (Å²) in [5.74, 6) is 0.880. The molecule has 1 N–H and O–H groups in total. The Kier molecular flexibility index (Phi) is 8.31. The molecule has 1 aliphatic heterocycles. The number of urea groups is 1. The molecule has 6 nitrogen and oxygen atoms in total. The maximum Gasteiger partial charge on any atom is 0.322 e. The number of fused-ring (bicyclic) bond motifs is 1. The van der Waals surface area contributed by atoms with Gasteiger partial charge in [-0.15, -0.1) is 11.3 Å². The highest BCUT2D eigenvalue weighted by Gasteiger charge is 2.33. The summed E-state index contributed by atoms with van der Waals surface area (Å²) >= 11 is 7.78. The van der Waals surface area contributed by atoms with E-state index >= 15 is 0 Å². The Balaban J connectivity index is 1.49. The number of hydrogen-bond acceptors (Lipinski definition) is 4. The second-order valence-electron chi connectivity index (χ2n) is 8.99. The molecule has 1 aromatic heterocycles. The van der Waals surface area contributed by atoms with Crippen molar-refractivity contribution in [2.24, 2.45) is 5.92 Å². The van der Waals surface area contributed by atoms with Gasteiger partial charge in [-0.1, -0.05) is 49.7 Å². The van der Waals surface area contributed by atoms with Crippen molar-refractivity contribution < 1.29 is 14.3 Å². The third-order valence-electron chi connectivity index (χ3n) is 5.84. The number of hydrogen-bond donors (Lipinski definition) is 1. The molecular formula is C27H30ClN3O3S. The van der Waals surface area contributed by atoms with Gasteiger partial charge in [-0.2, -0.15) is 0 Å². The number of ether oxygens (including phenoxy) is 1. The van der Waals surface area contributed by atoms with Gasteiger partial charge in [0.2, 0.25) is 5.91 Å². The van der Waals surface area contributed by atoms with Crippen LogP contribution in [0.5, 0.6) is 5.75 Å². The summed E-state index contributed by atoms with van der Waals surface area (Å²) < 4.78 is 6.06. The van der Waals surface area contributed by atoms with E-state index in [0.717, 1.165) is 17.7 Å². The van der Waals surface area contributed by atoms with Gasteiger partial charge in [0.15, 0.2) is 0 Å². The zero-order valence-corrected chi connectivity index (χ0v) is 21.5. The van der Waals surface area contributed by atoms with E-state index in [1.54, 1.807) is 40.5 Å². The van der Waals surface area contributed by atoms with Crippen LogP contribution in [0.4, 0.5) is 10.5 Å². The van der Waals surface area contributed by atoms with E-state index in [1.807, 2.05) is 49.1 Å². The summed E-state index contributed by atoms with van der Waals surface area (Å²) in [6.45, 7) is 5.46. The van der Waals surface area contributed by atoms with E-state index in [2.05, 4.69) is 16.8 Å². The van der Waals surface area contributed by atoms with Crippen LogP contribution in [0.3, 0.4) is 0 Å². The van der Waals surface area contributed by atoms with Crippen LogP contribution in [0.1, 0.15) is 30.3 Å². The Morgan fingerprint density at radius 2 is 1.97 bits per heavy atom. The van der Waals surface area contributed by atoms with E-state index in [-0.39, 0.29) is 30.4 Å². The Bertz CT molecular complexity index is 1150. The molecule has 1 aliphatic rings. The largest absolute Gasteiger partial charge is 0.491 e. The number of halogens is 1. The molecule has 1 unspecified atom stereocenters. The molecule has 0 spiro atoms. The van der Waals surface area contributed by atoms with Gasteiger partial charge >= 0.3 is 6.03 Å². The second kappa shape index (κ2) is 11.6. The van der Waals surface area contributed by atoms with Crippen LogP contribution in [0.2, 0.25) is 5.02 Å². The predicted molar refractivity (Wildman–Crippen MR) is 141 cm³/mol. The van der Waals surface area contributed by atoms with Crippen LogP contribution < -0.4 is 10.1 Å². The molecule has 3 aromatic rings. The number of carbonyl (C=O) groups excluding carboxylic acids is 2. The van der Waals surface area contributed by atoms with E-state index < -0.39 is 0 Å². The third kappa shape index (κ3) is 6.55. The Morgan fingerprint density at radius 1 is 1.17 bits per heavy atom. The Morgan fingerprint density at radius 3 is 2.71 bits per heavy atom. The summed E-state index contributed by atoms with van der Waals surface area (Å²) in [5.41, 5.74) is 1.73. The van der Waals surface area contributed by atoms with Gasteiger partial charge in [-0.3, -0.25) is 4.79 Å². The number of amides is 3. The van der Waals surface area contributed by atoms with Crippen molar-refractivity contribution >= 4 is 40.6 Å². The van der Waals surface area contributed by atoms with Gasteiger partial charge < -0.3 is 19.9 Å². The lowest BCUT2D eigenvalue weighted by molar-refractivity contribution is -0.135. The quantitative estimate of drug-likeness (QED) is 0.397. The van der Waals surface area contributed by atoms with Crippen molar-refractivity contribution in [3.05, 3.63) is 81.5 Å². The molecule has 184 valence electrons. The summed E-state index contributed by atoms with van der Waals surface area (Å²) in [5, 5.41) is 5.48. The smallest absolute Gasteiger partial charge is 0.322 e. The highest BCUT2D eigenvalue weighted by atomic mass is 35.5. The van der Waals surface area contributed by atoms with Crippen molar-refractivity contribution in [2.75, 3.05) is 31.6 Å². The summed E-state index contributed by atoms with van der Waals surface area (Å²) in [6, 6.07) is 18.2. The number of rotatable bonds is 8. The Hall–Kier alpha value is -3.03. The van der Waals surface area contributed by atoms with Crippen molar-refractivity contribution in [3.8, 4) is 5.75 Å². The first-order valence-electron chi connectivity index (χ1n) is 11.8. The second-order valence-corrected chi connectivity index (χ2v) is 10.4. The number of nitrogens with zero attached hydrogens (tertiary/aromatic N) is 2. The molecule has 0 radical (unpaired) electrons. The van der Waals surface area contributed by atoms with Crippen molar-refractivity contribution in [2.45, 2.75) is 26.3 Å². The lowest BCUT2D eigenvalue weighted by atomic mass is 10.0. The molecule has 0 aliphatic carbocycles. The molecule has 1 atom stereocenters. The zero-order chi connectivity index (χ0) is 24.8. The van der Waals surface area contributed by atoms with Gasteiger partial charge in [0.25, 0.3) is 0 Å². The first-order valence-corrected chi connectivity index (χ1v) is 13.0. The fourth-order valence-corrected chi connectivity index (χ4v) is 5.37. The minimum atomic E-state index is -0.320. The van der Waals surface area contributed by atoms with E-state index in [0.29, 0.717) is 30.4 Å². The summed E-state index contributed by atoms with van der Waals surface area (Å²) in [6.07, 6.45) is 0.805. The SMILES string of the molecule is CC(C)CN(CC(=O)N1CCc2sccc2C1COc1ccccc1)C(=O)Nc1cccc(Cl)c1. The maximum atomic E-state index is 13.6. The number of anilines is 1. The number of nitrogens with one attached hydrogen (secondary N) is 1. The lowest BCUT2D eigenvalue weighted by Crippen LogP contribution is -2.49. The average Bonchev–Trinajstić information content (AvgIpc) is 3.31. The molecular weight excluding hydrogens is 482 g/mol. The fourth-order valence-electron chi connectivity index (χ4n) is 4.25. The Labute approximate surface area is 215 Å². The van der Waals surface area contributed by atoms with Crippen molar-refractivity contribution in [1.82, 2.24) is 9.80 Å². The van der Waals surface area contributed by atoms with Crippen molar-refractivity contribution in [3.63, 3.8) is 0 Å². The first kappa shape index (κ1) is 25.1. The standard InChI is InChI=1S/C27H30ClN3O3S/c1-19(2)16-30(27(33)29-21-8-6-7-20(28)15-21)17-26(32)31-13-11-25-23(12-14-35-25)24(31)18-34-22-9-4-3-5-10-22/h3-10,12,14-15,19,24H,11,13,16-18H2,1-2H3,(H,29,33). The maximum absolute atomic E-state index is 13.6. The van der Waals surface area contributed by atoms with Crippen LogP contribution in [0, 0.1) is 5.92 Å². The highest BCUT2D eigenvalue weighted by molar-refractivity contribution is 7.10. The van der Waals surface area contributed by atoms with Crippen LogP contribution >= 0.6 is 22.9 Å². The fraction of sp³-hybridized carbons (Fsp3) is 0.333. The predicted octanol–water partition coefficient (Wildman–Crippen LogP) is 6.10. The molecule has 2 heterocycles. The van der Waals surface area contributed by atoms with Crippen LogP contribution in [0.25, 0.3) is 0 Å². The number of para-hydroxylation sites is 1. The van der Waals surface area contributed by atoms with Gasteiger partial charge in [0.1, 0.15) is 18.9 Å². The number of thiophene rings is 1. The van der Waals surface area contributed by atoms with Gasteiger partial charge in [0.05, 0.1) is 6.04 Å². The number of benzene rings is 2. The summed E-state index contributed by atoms with van der Waals surface area (Å²) in [4.78, 5) is 31.4. The van der Waals surface area contributed by atoms with Crippen LogP contribution in [0.15, 0.2) is 66.0 Å². The molecule has 3 amide bonds. The number of carbonyl (C=O) groups is 2. The molecule has 4 rings (SSSR count). The van der Waals surface area contributed by atoms with Gasteiger partial charge in [0, 0.05) is 28.7 Å². The molecule has 0 bridgehead atoms. The van der Waals surface area contributed by atoms with Crippen LogP contribution in [-0.2, 0) is 11.2 Å². The van der Waals surface area contributed by atoms with Crippen molar-refractivity contribution in [1.29, 1.82) is 0 Å². The highest BCUT2D eigenvalue weighted by Crippen LogP contribution is 2.34. The monoisotopic (exact) mass is 511 g/mol. The minimum absolute atomic E-state index is 0.00805. The topological polar surface area (TPSA) is 61.9 Å². The molecule has 35 heavy (non-hydrogen) atoms. The average molecular weight is 512 g/mol. The lowest BCUT2D eigenvalue weighted by Gasteiger charge is -2.37. The van der Waals surface area contributed by atoms with E-state index in [4.69, 9.17) is 16.3 Å². The molecule has 2 aromatic carbocycles. The van der Waals surface area contributed by atoms with E-state index in [1.165, 1.54) is 4.88 Å². The normalized spacial score (nSPS) is 15.0. The molecule has 0 fully saturated rings.